The van der Waals surface area contributed by atoms with E-state index in [9.17, 15) is 22.8 Å². The van der Waals surface area contributed by atoms with E-state index in [2.05, 4.69) is 0 Å². The van der Waals surface area contributed by atoms with E-state index < -0.39 is 35.4 Å². The van der Waals surface area contributed by atoms with Crippen molar-refractivity contribution < 1.29 is 27.9 Å². The number of alkyl halides is 3. The fourth-order valence-corrected chi connectivity index (χ4v) is 1.76. The van der Waals surface area contributed by atoms with Crippen molar-refractivity contribution in [2.75, 3.05) is 0 Å². The number of amides is 1. The number of nitrogens with one attached hydrogen (secondary N) is 1. The number of carboxylic acid groups (broad SMARTS) is 1. The van der Waals surface area contributed by atoms with E-state index in [0.29, 0.717) is 0 Å². The molecule has 0 bridgehead atoms. The maximum absolute atomic E-state index is 12.2. The molecule has 17 heavy (non-hydrogen) atoms. The lowest BCUT2D eigenvalue weighted by molar-refractivity contribution is -0.180. The van der Waals surface area contributed by atoms with Crippen LogP contribution in [0.1, 0.15) is 27.7 Å². The summed E-state index contributed by atoms with van der Waals surface area (Å²) in [6.45, 7) is 5.80. The lowest BCUT2D eigenvalue weighted by Crippen LogP contribution is -2.63. The number of hydrogen-bond acceptors (Lipinski definition) is 2. The predicted molar refractivity (Wildman–Crippen MR) is 54.2 cm³/mol. The van der Waals surface area contributed by atoms with Gasteiger partial charge in [-0.25, -0.2) is 4.79 Å². The van der Waals surface area contributed by atoms with Crippen molar-refractivity contribution in [3.05, 3.63) is 0 Å². The summed E-state index contributed by atoms with van der Waals surface area (Å²) in [4.78, 5) is 22.1. The van der Waals surface area contributed by atoms with Gasteiger partial charge in [0.1, 0.15) is 5.54 Å². The van der Waals surface area contributed by atoms with Gasteiger partial charge in [-0.2, -0.15) is 13.2 Å². The summed E-state index contributed by atoms with van der Waals surface area (Å²) in [7, 11) is 0. The fraction of sp³-hybridized carbons (Fsp3) is 0.800. The Morgan fingerprint density at radius 3 is 1.59 bits per heavy atom. The Labute approximate surface area is 97.2 Å². The van der Waals surface area contributed by atoms with E-state index in [4.69, 9.17) is 5.11 Å². The molecule has 0 aromatic rings. The smallest absolute Gasteiger partial charge is 0.471 e. The summed E-state index contributed by atoms with van der Waals surface area (Å²) in [5.74, 6) is -5.06. The predicted octanol–water partition coefficient (Wildman–Crippen LogP) is 1.80. The summed E-state index contributed by atoms with van der Waals surface area (Å²) in [6.07, 6.45) is -5.09. The van der Waals surface area contributed by atoms with Gasteiger partial charge in [-0.05, 0) is 11.8 Å². The summed E-state index contributed by atoms with van der Waals surface area (Å²) < 4.78 is 36.5. The van der Waals surface area contributed by atoms with Crippen molar-refractivity contribution in [1.29, 1.82) is 0 Å². The first kappa shape index (κ1) is 15.7. The minimum absolute atomic E-state index is 0.675. The zero-order valence-corrected chi connectivity index (χ0v) is 10.1. The molecule has 0 aliphatic heterocycles. The van der Waals surface area contributed by atoms with Crippen molar-refractivity contribution in [2.24, 2.45) is 11.8 Å². The largest absolute Gasteiger partial charge is 0.479 e. The van der Waals surface area contributed by atoms with Gasteiger partial charge in [-0.1, -0.05) is 27.7 Å². The normalized spacial score (nSPS) is 13.0. The van der Waals surface area contributed by atoms with E-state index in [1.807, 2.05) is 0 Å². The quantitative estimate of drug-likeness (QED) is 0.805. The second kappa shape index (κ2) is 4.93. The van der Waals surface area contributed by atoms with E-state index in [1.165, 1.54) is 27.7 Å². The molecular weight excluding hydrogens is 239 g/mol. The summed E-state index contributed by atoms with van der Waals surface area (Å²) in [6, 6.07) is 0. The van der Waals surface area contributed by atoms with Crippen molar-refractivity contribution in [1.82, 2.24) is 5.32 Å². The number of rotatable bonds is 4. The average molecular weight is 255 g/mol. The third-order valence-electron chi connectivity index (χ3n) is 2.75. The van der Waals surface area contributed by atoms with E-state index in [-0.39, 0.29) is 0 Å². The number of halogens is 3. The van der Waals surface area contributed by atoms with Gasteiger partial charge >= 0.3 is 18.1 Å². The maximum atomic E-state index is 12.2. The first-order chi connectivity index (χ1) is 7.46. The SMILES string of the molecule is CC(C)C(NC(=O)C(F)(F)F)(C(=O)O)C(C)C. The highest BCUT2D eigenvalue weighted by molar-refractivity contribution is 5.90. The number of aliphatic carboxylic acids is 1. The first-order valence-corrected chi connectivity index (χ1v) is 5.09. The molecule has 100 valence electrons. The fourth-order valence-electron chi connectivity index (χ4n) is 1.76. The lowest BCUT2D eigenvalue weighted by atomic mass is 9.77. The van der Waals surface area contributed by atoms with Crippen LogP contribution in [0.4, 0.5) is 13.2 Å². The van der Waals surface area contributed by atoms with Gasteiger partial charge in [0.25, 0.3) is 0 Å². The highest BCUT2D eigenvalue weighted by Crippen LogP contribution is 2.28. The van der Waals surface area contributed by atoms with Gasteiger partial charge in [0.2, 0.25) is 0 Å². The zero-order chi connectivity index (χ0) is 14.0. The van der Waals surface area contributed by atoms with Gasteiger partial charge in [-0.15, -0.1) is 0 Å². The van der Waals surface area contributed by atoms with Crippen LogP contribution in [0.5, 0.6) is 0 Å². The van der Waals surface area contributed by atoms with Gasteiger partial charge < -0.3 is 10.4 Å². The van der Waals surface area contributed by atoms with Crippen LogP contribution in [-0.4, -0.2) is 28.7 Å². The molecule has 0 rings (SSSR count). The molecule has 0 atom stereocenters. The van der Waals surface area contributed by atoms with Crippen LogP contribution in [0, 0.1) is 11.8 Å². The van der Waals surface area contributed by atoms with Crippen LogP contribution in [-0.2, 0) is 9.59 Å². The highest BCUT2D eigenvalue weighted by Gasteiger charge is 2.51. The molecular formula is C10H16F3NO3. The molecule has 0 aromatic carbocycles. The second-order valence-electron chi connectivity index (χ2n) is 4.44. The molecule has 7 heteroatoms. The molecule has 0 saturated carbocycles. The molecule has 4 nitrogen and oxygen atoms in total. The van der Waals surface area contributed by atoms with Crippen LogP contribution >= 0.6 is 0 Å². The number of carboxylic acids is 1. The summed E-state index contributed by atoms with van der Waals surface area (Å²) >= 11 is 0. The number of hydrogen-bond donors (Lipinski definition) is 2. The van der Waals surface area contributed by atoms with Crippen LogP contribution < -0.4 is 5.32 Å². The Hall–Kier alpha value is -1.27. The Kier molecular flexibility index (Phi) is 4.56. The van der Waals surface area contributed by atoms with Gasteiger partial charge in [0, 0.05) is 0 Å². The van der Waals surface area contributed by atoms with Crippen LogP contribution in [0.3, 0.4) is 0 Å². The Morgan fingerprint density at radius 2 is 1.41 bits per heavy atom. The van der Waals surface area contributed by atoms with Crippen LogP contribution in [0.25, 0.3) is 0 Å². The van der Waals surface area contributed by atoms with Gasteiger partial charge in [0.05, 0.1) is 0 Å². The minimum atomic E-state index is -5.09. The summed E-state index contributed by atoms with van der Waals surface area (Å²) in [5.41, 5.74) is -1.92. The Morgan fingerprint density at radius 1 is 1.06 bits per heavy atom. The van der Waals surface area contributed by atoms with E-state index >= 15 is 0 Å². The molecule has 0 fully saturated rings. The average Bonchev–Trinajstić information content (AvgIpc) is 2.09. The third kappa shape index (κ3) is 3.10. The molecule has 1 amide bonds. The van der Waals surface area contributed by atoms with Crippen molar-refractivity contribution in [2.45, 2.75) is 39.4 Å². The first-order valence-electron chi connectivity index (χ1n) is 5.09. The summed E-state index contributed by atoms with van der Waals surface area (Å²) in [5, 5.41) is 10.7. The van der Waals surface area contributed by atoms with Crippen molar-refractivity contribution in [3.8, 4) is 0 Å². The van der Waals surface area contributed by atoms with Crippen LogP contribution in [0.2, 0.25) is 0 Å². The number of carbonyl (C=O) groups is 2. The van der Waals surface area contributed by atoms with Gasteiger partial charge in [0.15, 0.2) is 0 Å². The molecule has 0 aliphatic rings. The Bertz CT molecular complexity index is 302. The molecule has 0 aromatic heterocycles. The monoisotopic (exact) mass is 255 g/mol. The minimum Gasteiger partial charge on any atom is -0.479 e. The highest BCUT2D eigenvalue weighted by atomic mass is 19.4. The van der Waals surface area contributed by atoms with E-state index in [1.54, 1.807) is 5.32 Å². The third-order valence-corrected chi connectivity index (χ3v) is 2.75. The molecule has 0 saturated heterocycles. The molecule has 0 heterocycles. The molecule has 0 radical (unpaired) electrons. The Balaban J connectivity index is 5.36. The standard InChI is InChI=1S/C10H16F3NO3/c1-5(2)9(6(3)4,8(16)17)14-7(15)10(11,12)13/h5-6H,1-4H3,(H,14,15)(H,16,17). The topological polar surface area (TPSA) is 66.4 Å². The molecule has 0 aliphatic carbocycles. The number of carbonyl (C=O) groups excluding carboxylic acids is 1. The molecule has 2 N–H and O–H groups in total. The molecule has 0 unspecified atom stereocenters. The second-order valence-corrected chi connectivity index (χ2v) is 4.44. The van der Waals surface area contributed by atoms with Crippen molar-refractivity contribution in [3.63, 3.8) is 0 Å². The zero-order valence-electron chi connectivity index (χ0n) is 10.1. The lowest BCUT2D eigenvalue weighted by Gasteiger charge is -2.38. The van der Waals surface area contributed by atoms with Crippen LogP contribution in [0.15, 0.2) is 0 Å². The van der Waals surface area contributed by atoms with E-state index in [0.717, 1.165) is 0 Å². The van der Waals surface area contributed by atoms with Gasteiger partial charge in [-0.3, -0.25) is 4.79 Å². The van der Waals surface area contributed by atoms with Crippen molar-refractivity contribution >= 4 is 11.9 Å². The molecule has 0 spiro atoms. The maximum Gasteiger partial charge on any atom is 0.471 e.